The average molecular weight is 288 g/mol. The normalized spacial score (nSPS) is 15.5. The Labute approximate surface area is 127 Å². The van der Waals surface area contributed by atoms with Crippen LogP contribution in [-0.2, 0) is 11.2 Å². The summed E-state index contributed by atoms with van der Waals surface area (Å²) in [6, 6.07) is 5.77. The van der Waals surface area contributed by atoms with Crippen LogP contribution in [0.5, 0.6) is 11.5 Å². The van der Waals surface area contributed by atoms with E-state index in [1.165, 1.54) is 24.8 Å². The molecule has 1 aliphatic carbocycles. The van der Waals surface area contributed by atoms with Crippen molar-refractivity contribution in [2.75, 3.05) is 0 Å². The second-order valence-corrected chi connectivity index (χ2v) is 5.68. The molecule has 0 aliphatic heterocycles. The highest BCUT2D eigenvalue weighted by Gasteiger charge is 2.18. The summed E-state index contributed by atoms with van der Waals surface area (Å²) in [5, 5.41) is 0. The summed E-state index contributed by atoms with van der Waals surface area (Å²) < 4.78 is 11.5. The first-order chi connectivity index (χ1) is 10.1. The summed E-state index contributed by atoms with van der Waals surface area (Å²) >= 11 is 0. The molecule has 1 fully saturated rings. The minimum absolute atomic E-state index is 0.230. The highest BCUT2D eigenvalue weighted by atomic mass is 16.6. The Morgan fingerprint density at radius 3 is 2.57 bits per heavy atom. The number of carbonyl (C=O) groups excluding carboxylic acids is 1. The van der Waals surface area contributed by atoms with Crippen molar-refractivity contribution in [2.45, 2.75) is 58.5 Å². The highest BCUT2D eigenvalue weighted by Crippen LogP contribution is 2.32. The van der Waals surface area contributed by atoms with Crippen LogP contribution in [0, 0.1) is 0 Å². The summed E-state index contributed by atoms with van der Waals surface area (Å²) in [5.41, 5.74) is 1.56. The second kappa shape index (κ2) is 7.30. The van der Waals surface area contributed by atoms with E-state index in [0.717, 1.165) is 19.3 Å². The van der Waals surface area contributed by atoms with E-state index in [4.69, 9.17) is 9.47 Å². The number of esters is 1. The molecule has 0 amide bonds. The van der Waals surface area contributed by atoms with Gasteiger partial charge in [-0.05, 0) is 56.7 Å². The molecule has 0 aromatic heterocycles. The van der Waals surface area contributed by atoms with E-state index < -0.39 is 5.97 Å². The predicted molar refractivity (Wildman–Crippen MR) is 83.8 cm³/mol. The third kappa shape index (κ3) is 4.35. The smallest absolute Gasteiger partial charge is 0.338 e. The van der Waals surface area contributed by atoms with Crippen molar-refractivity contribution in [1.82, 2.24) is 0 Å². The molecule has 0 atom stereocenters. The fourth-order valence-corrected chi connectivity index (χ4v) is 2.50. The highest BCUT2D eigenvalue weighted by molar-refractivity contribution is 5.89. The number of benzene rings is 1. The molecule has 0 radical (unpaired) electrons. The lowest BCUT2D eigenvalue weighted by Crippen LogP contribution is -2.20. The zero-order valence-corrected chi connectivity index (χ0v) is 13.0. The lowest BCUT2D eigenvalue weighted by atomic mass is 9.98. The molecule has 3 heteroatoms. The van der Waals surface area contributed by atoms with E-state index in [2.05, 4.69) is 13.5 Å². The molecule has 21 heavy (non-hydrogen) atoms. The molecule has 3 nitrogen and oxygen atoms in total. The molecule has 0 N–H and O–H groups in total. The van der Waals surface area contributed by atoms with Crippen molar-refractivity contribution in [3.63, 3.8) is 0 Å². The summed E-state index contributed by atoms with van der Waals surface area (Å²) in [6.45, 7) is 7.35. The fraction of sp³-hybridized carbons (Fsp3) is 0.500. The first-order valence-corrected chi connectivity index (χ1v) is 7.77. The van der Waals surface area contributed by atoms with Gasteiger partial charge in [-0.25, -0.2) is 4.79 Å². The molecule has 0 spiro atoms. The van der Waals surface area contributed by atoms with Crippen molar-refractivity contribution in [1.29, 1.82) is 0 Å². The van der Waals surface area contributed by atoms with Gasteiger partial charge in [-0.15, -0.1) is 0 Å². The Hall–Kier alpha value is -1.77. The van der Waals surface area contributed by atoms with Crippen LogP contribution in [0.2, 0.25) is 0 Å². The predicted octanol–water partition coefficient (Wildman–Crippen LogP) is 4.44. The molecule has 114 valence electrons. The zero-order chi connectivity index (χ0) is 15.2. The topological polar surface area (TPSA) is 35.5 Å². The maximum atomic E-state index is 11.7. The number of rotatable bonds is 5. The Kier molecular flexibility index (Phi) is 5.43. The van der Waals surface area contributed by atoms with Gasteiger partial charge < -0.3 is 9.47 Å². The minimum Gasteiger partial charge on any atom is -0.487 e. The second-order valence-electron chi connectivity index (χ2n) is 5.68. The number of aryl methyl sites for hydroxylation is 1. The molecule has 1 saturated carbocycles. The molecular formula is C18H24O3. The summed E-state index contributed by atoms with van der Waals surface area (Å²) in [6.07, 6.45) is 7.00. The molecule has 0 bridgehead atoms. The number of hydrogen-bond acceptors (Lipinski definition) is 3. The number of carbonyl (C=O) groups is 1. The van der Waals surface area contributed by atoms with Gasteiger partial charge in [0, 0.05) is 5.57 Å². The molecule has 1 aliphatic rings. The first-order valence-electron chi connectivity index (χ1n) is 7.77. The fourth-order valence-electron chi connectivity index (χ4n) is 2.50. The molecule has 1 aromatic carbocycles. The van der Waals surface area contributed by atoms with E-state index in [9.17, 15) is 4.79 Å². The first kappa shape index (κ1) is 15.6. The standard InChI is InChI=1S/C18H24O3/c1-4-14-10-11-16(21-18(19)13(2)3)17(12-14)20-15-8-6-5-7-9-15/h10-12,15H,2,4-9H2,1,3H3. The van der Waals surface area contributed by atoms with Gasteiger partial charge in [-0.1, -0.05) is 26.0 Å². The average Bonchev–Trinajstić information content (AvgIpc) is 2.49. The van der Waals surface area contributed by atoms with Crippen LogP contribution >= 0.6 is 0 Å². The van der Waals surface area contributed by atoms with Crippen LogP contribution in [0.25, 0.3) is 0 Å². The summed E-state index contributed by atoms with van der Waals surface area (Å²) in [5.74, 6) is 0.759. The van der Waals surface area contributed by atoms with Crippen LogP contribution in [0.3, 0.4) is 0 Å². The van der Waals surface area contributed by atoms with Crippen molar-refractivity contribution >= 4 is 5.97 Å². The van der Waals surface area contributed by atoms with Crippen LogP contribution in [0.15, 0.2) is 30.4 Å². The SMILES string of the molecule is C=C(C)C(=O)Oc1ccc(CC)cc1OC1CCCCC1. The van der Waals surface area contributed by atoms with E-state index in [1.54, 1.807) is 6.92 Å². The molecule has 0 heterocycles. The van der Waals surface area contributed by atoms with Crippen LogP contribution in [-0.4, -0.2) is 12.1 Å². The Morgan fingerprint density at radius 1 is 1.24 bits per heavy atom. The van der Waals surface area contributed by atoms with Crippen molar-refractivity contribution in [3.05, 3.63) is 35.9 Å². The van der Waals surface area contributed by atoms with E-state index in [-0.39, 0.29) is 6.10 Å². The zero-order valence-electron chi connectivity index (χ0n) is 13.0. The van der Waals surface area contributed by atoms with Gasteiger partial charge >= 0.3 is 5.97 Å². The number of ether oxygens (including phenoxy) is 2. The molecule has 1 aromatic rings. The Balaban J connectivity index is 2.18. The van der Waals surface area contributed by atoms with Crippen LogP contribution in [0.4, 0.5) is 0 Å². The molecular weight excluding hydrogens is 264 g/mol. The molecule has 2 rings (SSSR count). The van der Waals surface area contributed by atoms with Gasteiger partial charge in [0.25, 0.3) is 0 Å². The van der Waals surface area contributed by atoms with E-state index >= 15 is 0 Å². The Bertz CT molecular complexity index is 513. The number of hydrogen-bond donors (Lipinski definition) is 0. The van der Waals surface area contributed by atoms with Crippen molar-refractivity contribution in [2.24, 2.45) is 0 Å². The molecule has 0 unspecified atom stereocenters. The van der Waals surface area contributed by atoms with E-state index in [1.807, 2.05) is 18.2 Å². The largest absolute Gasteiger partial charge is 0.487 e. The van der Waals surface area contributed by atoms with E-state index in [0.29, 0.717) is 17.1 Å². The van der Waals surface area contributed by atoms with Gasteiger partial charge in [-0.3, -0.25) is 0 Å². The van der Waals surface area contributed by atoms with Gasteiger partial charge in [0.05, 0.1) is 6.10 Å². The third-order valence-electron chi connectivity index (χ3n) is 3.81. The minimum atomic E-state index is -0.409. The van der Waals surface area contributed by atoms with Crippen LogP contribution < -0.4 is 9.47 Å². The van der Waals surface area contributed by atoms with Crippen molar-refractivity contribution in [3.8, 4) is 11.5 Å². The summed E-state index contributed by atoms with van der Waals surface area (Å²) in [7, 11) is 0. The Morgan fingerprint density at radius 2 is 1.95 bits per heavy atom. The monoisotopic (exact) mass is 288 g/mol. The van der Waals surface area contributed by atoms with Gasteiger partial charge in [0.2, 0.25) is 0 Å². The quantitative estimate of drug-likeness (QED) is 0.456. The maximum absolute atomic E-state index is 11.7. The van der Waals surface area contributed by atoms with Gasteiger partial charge in [0.15, 0.2) is 11.5 Å². The molecule has 0 saturated heterocycles. The lowest BCUT2D eigenvalue weighted by Gasteiger charge is -2.24. The lowest BCUT2D eigenvalue weighted by molar-refractivity contribution is -0.130. The van der Waals surface area contributed by atoms with Crippen molar-refractivity contribution < 1.29 is 14.3 Å². The summed E-state index contributed by atoms with van der Waals surface area (Å²) in [4.78, 5) is 11.7. The van der Waals surface area contributed by atoms with Crippen LogP contribution in [0.1, 0.15) is 51.5 Å². The maximum Gasteiger partial charge on any atom is 0.338 e. The van der Waals surface area contributed by atoms with Gasteiger partial charge in [-0.2, -0.15) is 0 Å². The van der Waals surface area contributed by atoms with Gasteiger partial charge in [0.1, 0.15) is 0 Å². The third-order valence-corrected chi connectivity index (χ3v) is 3.81.